The number of nitrogens with zero attached hydrogens (tertiary/aromatic N) is 1. The van der Waals surface area contributed by atoms with Crippen LogP contribution in [-0.4, -0.2) is 12.6 Å². The van der Waals surface area contributed by atoms with Crippen LogP contribution in [0.2, 0.25) is 11.1 Å². The molecule has 5 rings (SSSR count). The summed E-state index contributed by atoms with van der Waals surface area (Å²) in [6, 6.07) is 29.4. The standard InChI is InChI=1S/C29H31NSi/c1-20(2)31(21(3)4)28(23-14-10-7-11-15-23)27(22-12-8-6-9-13-22)25-16-17-26-24(29(25)31)18-19-30(26)5/h6-21H,1-5H3. The molecule has 1 aromatic heterocycles. The van der Waals surface area contributed by atoms with Gasteiger partial charge in [0.05, 0.1) is 0 Å². The van der Waals surface area contributed by atoms with E-state index in [-0.39, 0.29) is 0 Å². The van der Waals surface area contributed by atoms with Gasteiger partial charge in [0.25, 0.3) is 0 Å². The van der Waals surface area contributed by atoms with Crippen molar-refractivity contribution in [1.29, 1.82) is 0 Å². The molecule has 4 aromatic rings. The lowest BCUT2D eigenvalue weighted by molar-refractivity contribution is 0.932. The largest absolute Gasteiger partial charge is 0.351 e. The quantitative estimate of drug-likeness (QED) is 0.308. The van der Waals surface area contributed by atoms with Crippen molar-refractivity contribution in [3.63, 3.8) is 0 Å². The van der Waals surface area contributed by atoms with Gasteiger partial charge in [0, 0.05) is 18.8 Å². The van der Waals surface area contributed by atoms with Crippen LogP contribution < -0.4 is 5.19 Å². The van der Waals surface area contributed by atoms with Crippen molar-refractivity contribution < 1.29 is 0 Å². The molecule has 0 saturated heterocycles. The molecule has 0 bridgehead atoms. The molecule has 0 aliphatic carbocycles. The molecule has 1 aliphatic heterocycles. The fourth-order valence-corrected chi connectivity index (χ4v) is 12.7. The Morgan fingerprint density at radius 1 is 0.677 bits per heavy atom. The number of hydrogen-bond acceptors (Lipinski definition) is 0. The van der Waals surface area contributed by atoms with E-state index in [2.05, 4.69) is 124 Å². The molecule has 31 heavy (non-hydrogen) atoms. The molecular weight excluding hydrogens is 390 g/mol. The van der Waals surface area contributed by atoms with Crippen LogP contribution in [0, 0.1) is 0 Å². The van der Waals surface area contributed by atoms with Gasteiger partial charge in [-0.15, -0.1) is 0 Å². The average molecular weight is 422 g/mol. The monoisotopic (exact) mass is 421 g/mol. The van der Waals surface area contributed by atoms with Crippen molar-refractivity contribution in [3.05, 3.63) is 102 Å². The Bertz CT molecular complexity index is 1270. The van der Waals surface area contributed by atoms with Gasteiger partial charge >= 0.3 is 0 Å². The number of aryl methyl sites for hydroxylation is 1. The molecule has 1 nitrogen and oxygen atoms in total. The first-order valence-electron chi connectivity index (χ1n) is 11.4. The van der Waals surface area contributed by atoms with Gasteiger partial charge in [0.2, 0.25) is 0 Å². The fourth-order valence-electron chi connectivity index (χ4n) is 6.19. The van der Waals surface area contributed by atoms with Crippen LogP contribution in [0.1, 0.15) is 44.4 Å². The van der Waals surface area contributed by atoms with Gasteiger partial charge in [-0.05, 0) is 61.2 Å². The molecule has 0 N–H and O–H groups in total. The third kappa shape index (κ3) is 2.74. The zero-order valence-corrected chi connectivity index (χ0v) is 20.2. The van der Waals surface area contributed by atoms with E-state index in [1.54, 1.807) is 10.4 Å². The molecule has 0 atom stereocenters. The molecule has 2 heterocycles. The van der Waals surface area contributed by atoms with E-state index in [4.69, 9.17) is 0 Å². The Morgan fingerprint density at radius 3 is 1.84 bits per heavy atom. The predicted octanol–water partition coefficient (Wildman–Crippen LogP) is 7.17. The third-order valence-corrected chi connectivity index (χ3v) is 13.7. The summed E-state index contributed by atoms with van der Waals surface area (Å²) in [5.74, 6) is 0. The highest BCUT2D eigenvalue weighted by Gasteiger charge is 2.53. The lowest BCUT2D eigenvalue weighted by Crippen LogP contribution is -2.53. The molecule has 2 heteroatoms. The zero-order chi connectivity index (χ0) is 21.8. The molecule has 1 aliphatic rings. The molecule has 0 radical (unpaired) electrons. The minimum absolute atomic E-state index is 0.591. The van der Waals surface area contributed by atoms with E-state index in [0.717, 1.165) is 0 Å². The van der Waals surface area contributed by atoms with Gasteiger partial charge in [-0.1, -0.05) is 94.4 Å². The number of hydrogen-bond donors (Lipinski definition) is 0. The average Bonchev–Trinajstić information content (AvgIpc) is 3.31. The van der Waals surface area contributed by atoms with Crippen molar-refractivity contribution in [3.8, 4) is 0 Å². The van der Waals surface area contributed by atoms with Gasteiger partial charge in [0.1, 0.15) is 8.07 Å². The second kappa shape index (κ2) is 7.39. The Kier molecular flexibility index (Phi) is 4.78. The summed E-state index contributed by atoms with van der Waals surface area (Å²) < 4.78 is 2.28. The molecule has 0 amide bonds. The second-order valence-corrected chi connectivity index (χ2v) is 14.6. The van der Waals surface area contributed by atoms with E-state index in [1.807, 2.05) is 0 Å². The molecular formula is C29H31NSi. The molecule has 3 aromatic carbocycles. The van der Waals surface area contributed by atoms with Gasteiger partial charge in [-0.2, -0.15) is 0 Å². The maximum absolute atomic E-state index is 2.47. The van der Waals surface area contributed by atoms with Crippen LogP contribution in [0.25, 0.3) is 21.7 Å². The van der Waals surface area contributed by atoms with E-state index in [0.29, 0.717) is 11.1 Å². The maximum Gasteiger partial charge on any atom is 0.126 e. The van der Waals surface area contributed by atoms with E-state index in [1.165, 1.54) is 33.2 Å². The number of rotatable bonds is 4. The van der Waals surface area contributed by atoms with Crippen molar-refractivity contribution >= 4 is 34.9 Å². The van der Waals surface area contributed by atoms with Gasteiger partial charge < -0.3 is 4.57 Å². The Balaban J connectivity index is 2.01. The fraction of sp³-hybridized carbons (Fsp3) is 0.241. The van der Waals surface area contributed by atoms with Crippen molar-refractivity contribution in [2.75, 3.05) is 0 Å². The summed E-state index contributed by atoms with van der Waals surface area (Å²) in [6.07, 6.45) is 2.23. The Labute approximate surface area is 187 Å². The molecule has 0 fully saturated rings. The van der Waals surface area contributed by atoms with Crippen LogP contribution in [0.15, 0.2) is 85.1 Å². The number of aromatic nitrogens is 1. The third-order valence-electron chi connectivity index (χ3n) is 7.36. The highest BCUT2D eigenvalue weighted by Crippen LogP contribution is 2.53. The smallest absolute Gasteiger partial charge is 0.126 e. The lowest BCUT2D eigenvalue weighted by Gasteiger charge is -2.40. The van der Waals surface area contributed by atoms with Crippen LogP contribution in [-0.2, 0) is 7.05 Å². The van der Waals surface area contributed by atoms with Crippen molar-refractivity contribution in [2.24, 2.45) is 7.05 Å². The number of benzene rings is 3. The van der Waals surface area contributed by atoms with Crippen LogP contribution in [0.4, 0.5) is 0 Å². The first-order chi connectivity index (χ1) is 15.0. The maximum atomic E-state index is 2.47. The van der Waals surface area contributed by atoms with Crippen LogP contribution in [0.5, 0.6) is 0 Å². The highest BCUT2D eigenvalue weighted by atomic mass is 28.3. The SMILES string of the molecule is CC(C)[Si]1(C(C)C)C(c2ccccc2)=C(c2ccccc2)c2ccc3c(ccn3C)c21. The predicted molar refractivity (Wildman–Crippen MR) is 137 cm³/mol. The second-order valence-electron chi connectivity index (χ2n) is 9.51. The van der Waals surface area contributed by atoms with Crippen molar-refractivity contribution in [1.82, 2.24) is 4.57 Å². The van der Waals surface area contributed by atoms with Crippen LogP contribution in [0.3, 0.4) is 0 Å². The first-order valence-corrected chi connectivity index (χ1v) is 13.6. The Hall–Kier alpha value is -2.84. The Morgan fingerprint density at radius 2 is 1.26 bits per heavy atom. The zero-order valence-electron chi connectivity index (χ0n) is 19.2. The van der Waals surface area contributed by atoms with Gasteiger partial charge in [0.15, 0.2) is 0 Å². The first kappa shape index (κ1) is 20.1. The minimum Gasteiger partial charge on any atom is -0.351 e. The lowest BCUT2D eigenvalue weighted by atomic mass is 9.95. The highest BCUT2D eigenvalue weighted by molar-refractivity contribution is 7.12. The van der Waals surface area contributed by atoms with Gasteiger partial charge in [-0.3, -0.25) is 0 Å². The summed E-state index contributed by atoms with van der Waals surface area (Å²) in [7, 11) is 0.0593. The van der Waals surface area contributed by atoms with E-state index in [9.17, 15) is 0 Å². The molecule has 0 saturated carbocycles. The topological polar surface area (TPSA) is 4.93 Å². The van der Waals surface area contributed by atoms with Crippen LogP contribution >= 0.6 is 0 Å². The molecule has 0 spiro atoms. The number of fused-ring (bicyclic) bond motifs is 3. The molecule has 0 unspecified atom stereocenters. The summed E-state index contributed by atoms with van der Waals surface area (Å²) in [6.45, 7) is 9.87. The summed E-state index contributed by atoms with van der Waals surface area (Å²) in [5.41, 5.74) is 8.18. The van der Waals surface area contributed by atoms with E-state index >= 15 is 0 Å². The van der Waals surface area contributed by atoms with Crippen molar-refractivity contribution in [2.45, 2.75) is 38.8 Å². The summed E-state index contributed by atoms with van der Waals surface area (Å²) in [4.78, 5) is 0. The van der Waals surface area contributed by atoms with Gasteiger partial charge in [-0.25, -0.2) is 0 Å². The molecule has 156 valence electrons. The normalized spacial score (nSPS) is 15.3. The summed E-state index contributed by atoms with van der Waals surface area (Å²) in [5, 5.41) is 4.72. The summed E-state index contributed by atoms with van der Waals surface area (Å²) >= 11 is 0. The van der Waals surface area contributed by atoms with E-state index < -0.39 is 8.07 Å². The minimum atomic E-state index is -2.11.